The molecule has 0 aliphatic rings. The predicted octanol–water partition coefficient (Wildman–Crippen LogP) is 1.98. The lowest BCUT2D eigenvalue weighted by molar-refractivity contribution is 0.112. The summed E-state index contributed by atoms with van der Waals surface area (Å²) in [7, 11) is 3.54. The molecule has 1 unspecified atom stereocenters. The number of benzene rings is 1. The minimum atomic E-state index is -0.531. The van der Waals surface area contributed by atoms with Gasteiger partial charge < -0.3 is 9.84 Å². The first-order chi connectivity index (χ1) is 10.1. The number of aliphatic hydroxyl groups excluding tert-OH is 1. The molecule has 21 heavy (non-hydrogen) atoms. The van der Waals surface area contributed by atoms with Crippen LogP contribution in [0.4, 0.5) is 0 Å². The number of ether oxygens (including phenoxy) is 1. The third kappa shape index (κ3) is 4.31. The second-order valence-electron chi connectivity index (χ2n) is 5.14. The van der Waals surface area contributed by atoms with Crippen molar-refractivity contribution in [3.8, 4) is 5.75 Å². The summed E-state index contributed by atoms with van der Waals surface area (Å²) in [5, 5.41) is 14.6. The van der Waals surface area contributed by atoms with Crippen molar-refractivity contribution in [1.29, 1.82) is 0 Å². The van der Waals surface area contributed by atoms with Crippen LogP contribution in [0, 0.1) is 0 Å². The van der Waals surface area contributed by atoms with Crippen molar-refractivity contribution in [3.05, 3.63) is 47.8 Å². The minimum Gasteiger partial charge on any atom is -0.497 e. The first kappa shape index (κ1) is 15.5. The smallest absolute Gasteiger partial charge is 0.119 e. The maximum Gasteiger partial charge on any atom is 0.119 e. The normalized spacial score (nSPS) is 12.6. The zero-order valence-corrected chi connectivity index (χ0v) is 12.9. The summed E-state index contributed by atoms with van der Waals surface area (Å²) in [6.45, 7) is 4.33. The van der Waals surface area contributed by atoms with E-state index in [1.807, 2.05) is 43.7 Å². The second kappa shape index (κ2) is 7.24. The summed E-state index contributed by atoms with van der Waals surface area (Å²) in [5.74, 6) is 0.766. The fourth-order valence-corrected chi connectivity index (χ4v) is 2.32. The van der Waals surface area contributed by atoms with E-state index in [-0.39, 0.29) is 0 Å². The molecule has 0 spiro atoms. The summed E-state index contributed by atoms with van der Waals surface area (Å²) in [6.07, 6.45) is 3.33. The van der Waals surface area contributed by atoms with E-state index in [4.69, 9.17) is 4.74 Å². The molecule has 2 rings (SSSR count). The summed E-state index contributed by atoms with van der Waals surface area (Å²) in [5.41, 5.74) is 2.02. The largest absolute Gasteiger partial charge is 0.497 e. The number of likely N-dealkylation sites (N-methyl/N-ethyl adjacent to an activating group) is 1. The lowest BCUT2D eigenvalue weighted by Crippen LogP contribution is -2.28. The van der Waals surface area contributed by atoms with E-state index in [9.17, 15) is 5.11 Å². The molecule has 1 N–H and O–H groups in total. The fraction of sp³-hybridized carbons (Fsp3) is 0.438. The minimum absolute atomic E-state index is 0.531. The van der Waals surface area contributed by atoms with Crippen molar-refractivity contribution in [2.45, 2.75) is 19.6 Å². The number of hydrogen-bond acceptors (Lipinski definition) is 4. The van der Waals surface area contributed by atoms with E-state index in [1.165, 1.54) is 0 Å². The first-order valence-corrected chi connectivity index (χ1v) is 7.14. The Morgan fingerprint density at radius 3 is 2.86 bits per heavy atom. The Labute approximate surface area is 125 Å². The van der Waals surface area contributed by atoms with Crippen LogP contribution in [-0.2, 0) is 13.6 Å². The van der Waals surface area contributed by atoms with E-state index < -0.39 is 6.10 Å². The van der Waals surface area contributed by atoms with Gasteiger partial charge in [-0.05, 0) is 24.2 Å². The highest BCUT2D eigenvalue weighted by molar-refractivity contribution is 5.29. The fourth-order valence-electron chi connectivity index (χ4n) is 2.32. The average Bonchev–Trinajstić information content (AvgIpc) is 2.91. The maximum atomic E-state index is 10.4. The molecule has 0 bridgehead atoms. The van der Waals surface area contributed by atoms with Crippen LogP contribution < -0.4 is 4.74 Å². The summed E-state index contributed by atoms with van der Waals surface area (Å²) >= 11 is 0. The molecule has 0 aliphatic heterocycles. The van der Waals surface area contributed by atoms with Gasteiger partial charge in [-0.3, -0.25) is 9.58 Å². The van der Waals surface area contributed by atoms with Crippen LogP contribution in [-0.4, -0.2) is 40.0 Å². The van der Waals surface area contributed by atoms with Gasteiger partial charge >= 0.3 is 0 Å². The number of methoxy groups -OCH3 is 1. The number of aromatic nitrogens is 2. The lowest BCUT2D eigenvalue weighted by atomic mass is 10.1. The van der Waals surface area contributed by atoms with Crippen LogP contribution in [0.2, 0.25) is 0 Å². The van der Waals surface area contributed by atoms with Gasteiger partial charge in [-0.1, -0.05) is 19.1 Å². The monoisotopic (exact) mass is 289 g/mol. The van der Waals surface area contributed by atoms with Crippen LogP contribution >= 0.6 is 0 Å². The van der Waals surface area contributed by atoms with Crippen molar-refractivity contribution >= 4 is 0 Å². The van der Waals surface area contributed by atoms with Crippen LogP contribution in [0.5, 0.6) is 5.75 Å². The van der Waals surface area contributed by atoms with Gasteiger partial charge in [-0.25, -0.2) is 0 Å². The highest BCUT2D eigenvalue weighted by atomic mass is 16.5. The molecule has 5 nitrogen and oxygen atoms in total. The highest BCUT2D eigenvalue weighted by Gasteiger charge is 2.14. The first-order valence-electron chi connectivity index (χ1n) is 7.14. The van der Waals surface area contributed by atoms with Gasteiger partial charge in [0.2, 0.25) is 0 Å². The SMILES string of the molecule is CCN(Cc1cnn(C)c1)CC(O)c1cccc(OC)c1. The molecule has 2 aromatic rings. The van der Waals surface area contributed by atoms with Crippen LogP contribution in [0.25, 0.3) is 0 Å². The molecular weight excluding hydrogens is 266 g/mol. The second-order valence-corrected chi connectivity index (χ2v) is 5.14. The molecule has 0 amide bonds. The van der Waals surface area contributed by atoms with Gasteiger partial charge in [0.15, 0.2) is 0 Å². The molecule has 0 saturated heterocycles. The zero-order valence-electron chi connectivity index (χ0n) is 12.9. The van der Waals surface area contributed by atoms with Crippen molar-refractivity contribution in [2.75, 3.05) is 20.2 Å². The Morgan fingerprint density at radius 1 is 1.43 bits per heavy atom. The van der Waals surface area contributed by atoms with Gasteiger partial charge in [0.25, 0.3) is 0 Å². The Bertz CT molecular complexity index is 568. The zero-order chi connectivity index (χ0) is 15.2. The van der Waals surface area contributed by atoms with Crippen molar-refractivity contribution in [1.82, 2.24) is 14.7 Å². The summed E-state index contributed by atoms with van der Waals surface area (Å²) in [4.78, 5) is 2.20. The van der Waals surface area contributed by atoms with Crippen molar-refractivity contribution < 1.29 is 9.84 Å². The van der Waals surface area contributed by atoms with E-state index >= 15 is 0 Å². The van der Waals surface area contributed by atoms with E-state index in [0.29, 0.717) is 6.54 Å². The third-order valence-electron chi connectivity index (χ3n) is 3.52. The predicted molar refractivity (Wildman–Crippen MR) is 82.1 cm³/mol. The molecular formula is C16H23N3O2. The number of hydrogen-bond donors (Lipinski definition) is 1. The molecule has 0 fully saturated rings. The average molecular weight is 289 g/mol. The molecule has 1 heterocycles. The summed E-state index contributed by atoms with van der Waals surface area (Å²) < 4.78 is 6.99. The van der Waals surface area contributed by atoms with Gasteiger partial charge in [0.05, 0.1) is 19.4 Å². The number of aliphatic hydroxyl groups is 1. The molecule has 5 heteroatoms. The van der Waals surface area contributed by atoms with Gasteiger partial charge in [0.1, 0.15) is 5.75 Å². The maximum absolute atomic E-state index is 10.4. The van der Waals surface area contributed by atoms with E-state index in [0.717, 1.165) is 30.0 Å². The third-order valence-corrected chi connectivity index (χ3v) is 3.52. The molecule has 1 aromatic carbocycles. The van der Waals surface area contributed by atoms with Crippen molar-refractivity contribution in [2.24, 2.45) is 7.05 Å². The van der Waals surface area contributed by atoms with Gasteiger partial charge in [-0.15, -0.1) is 0 Å². The topological polar surface area (TPSA) is 50.5 Å². The molecule has 1 aromatic heterocycles. The van der Waals surface area contributed by atoms with Crippen molar-refractivity contribution in [3.63, 3.8) is 0 Å². The highest BCUT2D eigenvalue weighted by Crippen LogP contribution is 2.20. The molecule has 114 valence electrons. The number of aryl methyl sites for hydroxylation is 1. The number of rotatable bonds is 7. The quantitative estimate of drug-likeness (QED) is 0.847. The van der Waals surface area contributed by atoms with Crippen LogP contribution in [0.3, 0.4) is 0 Å². The molecule has 1 atom stereocenters. The van der Waals surface area contributed by atoms with E-state index in [1.54, 1.807) is 11.8 Å². The standard InChI is InChI=1S/C16H23N3O2/c1-4-19(11-13-9-17-18(2)10-13)12-16(20)14-6-5-7-15(8-14)21-3/h5-10,16,20H,4,11-12H2,1-3H3. The Kier molecular flexibility index (Phi) is 5.36. The molecule has 0 saturated carbocycles. The van der Waals surface area contributed by atoms with Gasteiger partial charge in [-0.2, -0.15) is 5.10 Å². The Hall–Kier alpha value is -1.85. The van der Waals surface area contributed by atoms with Gasteiger partial charge in [0, 0.05) is 31.9 Å². The van der Waals surface area contributed by atoms with Crippen LogP contribution in [0.1, 0.15) is 24.2 Å². The summed E-state index contributed by atoms with van der Waals surface area (Å²) in [6, 6.07) is 7.58. The molecule has 0 aliphatic carbocycles. The Morgan fingerprint density at radius 2 is 2.24 bits per heavy atom. The molecule has 0 radical (unpaired) electrons. The van der Waals surface area contributed by atoms with Crippen LogP contribution in [0.15, 0.2) is 36.7 Å². The lowest BCUT2D eigenvalue weighted by Gasteiger charge is -2.23. The number of nitrogens with zero attached hydrogens (tertiary/aromatic N) is 3. The Balaban J connectivity index is 1.99. The van der Waals surface area contributed by atoms with E-state index in [2.05, 4.69) is 16.9 Å².